The van der Waals surface area contributed by atoms with Crippen molar-refractivity contribution < 1.29 is 14.7 Å². The first-order chi connectivity index (χ1) is 9.54. The molecule has 0 spiro atoms. The van der Waals surface area contributed by atoms with Crippen LogP contribution in [0.3, 0.4) is 0 Å². The summed E-state index contributed by atoms with van der Waals surface area (Å²) in [5.41, 5.74) is 7.88. The van der Waals surface area contributed by atoms with Gasteiger partial charge < -0.3 is 15.7 Å². The zero-order valence-electron chi connectivity index (χ0n) is 11.6. The monoisotopic (exact) mass is 276 g/mol. The molecular weight excluding hydrogens is 256 g/mol. The number of amides is 1. The normalized spacial score (nSPS) is 15.6. The lowest BCUT2D eigenvalue weighted by atomic mass is 9.98. The van der Waals surface area contributed by atoms with Crippen LogP contribution in [-0.4, -0.2) is 29.6 Å². The molecule has 0 fully saturated rings. The highest BCUT2D eigenvalue weighted by molar-refractivity contribution is 5.99. The van der Waals surface area contributed by atoms with Crippen LogP contribution in [0, 0.1) is 0 Å². The summed E-state index contributed by atoms with van der Waals surface area (Å²) >= 11 is 0. The molecule has 0 bridgehead atoms. The highest BCUT2D eigenvalue weighted by Gasteiger charge is 2.26. The predicted octanol–water partition coefficient (Wildman–Crippen LogP) is 1.79. The van der Waals surface area contributed by atoms with E-state index in [4.69, 9.17) is 10.8 Å². The first kappa shape index (κ1) is 14.5. The minimum absolute atomic E-state index is 0.0733. The van der Waals surface area contributed by atoms with Gasteiger partial charge in [-0.25, -0.2) is 4.79 Å². The van der Waals surface area contributed by atoms with Crippen molar-refractivity contribution in [3.63, 3.8) is 0 Å². The Morgan fingerprint density at radius 1 is 1.45 bits per heavy atom. The molecule has 0 radical (unpaired) electrons. The van der Waals surface area contributed by atoms with Crippen molar-refractivity contribution in [2.45, 2.75) is 38.6 Å². The molecule has 1 heterocycles. The van der Waals surface area contributed by atoms with Crippen LogP contribution in [0.4, 0.5) is 5.69 Å². The molecule has 0 saturated carbocycles. The minimum Gasteiger partial charge on any atom is -0.478 e. The zero-order valence-corrected chi connectivity index (χ0v) is 11.6. The van der Waals surface area contributed by atoms with Gasteiger partial charge in [0.25, 0.3) is 0 Å². The Hall–Kier alpha value is -1.88. The average Bonchev–Trinajstić information content (AvgIpc) is 2.45. The standard InChI is InChI=1S/C15H20N2O3/c1-2-4-12(16)14(18)17-8-3-5-10-9-11(15(19)20)6-7-13(10)17/h6-7,9,12H,2-5,8,16H2,1H3,(H,19,20). The number of benzene rings is 1. The number of rotatable bonds is 4. The maximum atomic E-state index is 12.4. The summed E-state index contributed by atoms with van der Waals surface area (Å²) in [5, 5.41) is 9.02. The van der Waals surface area contributed by atoms with Crippen LogP contribution < -0.4 is 10.6 Å². The number of aromatic carboxylic acids is 1. The zero-order chi connectivity index (χ0) is 14.7. The van der Waals surface area contributed by atoms with Crippen LogP contribution in [-0.2, 0) is 11.2 Å². The summed E-state index contributed by atoms with van der Waals surface area (Å²) in [6, 6.07) is 4.43. The summed E-state index contributed by atoms with van der Waals surface area (Å²) in [6.45, 7) is 2.64. The fraction of sp³-hybridized carbons (Fsp3) is 0.467. The van der Waals surface area contributed by atoms with Gasteiger partial charge in [0.05, 0.1) is 11.6 Å². The fourth-order valence-corrected chi connectivity index (χ4v) is 2.59. The van der Waals surface area contributed by atoms with E-state index in [2.05, 4.69) is 0 Å². The van der Waals surface area contributed by atoms with Gasteiger partial charge in [-0.15, -0.1) is 0 Å². The van der Waals surface area contributed by atoms with Gasteiger partial charge in [0.2, 0.25) is 5.91 Å². The lowest BCUT2D eigenvalue weighted by Gasteiger charge is -2.31. The Bertz CT molecular complexity index is 528. The van der Waals surface area contributed by atoms with Gasteiger partial charge in [-0.2, -0.15) is 0 Å². The van der Waals surface area contributed by atoms with Gasteiger partial charge in [-0.3, -0.25) is 4.79 Å². The van der Waals surface area contributed by atoms with E-state index in [1.54, 1.807) is 17.0 Å². The Morgan fingerprint density at radius 3 is 2.85 bits per heavy atom. The lowest BCUT2D eigenvalue weighted by Crippen LogP contribution is -2.46. The highest BCUT2D eigenvalue weighted by Crippen LogP contribution is 2.28. The van der Waals surface area contributed by atoms with E-state index in [1.807, 2.05) is 6.92 Å². The second-order valence-corrected chi connectivity index (χ2v) is 5.14. The van der Waals surface area contributed by atoms with Crippen molar-refractivity contribution in [2.75, 3.05) is 11.4 Å². The van der Waals surface area contributed by atoms with Gasteiger partial charge in [0.15, 0.2) is 0 Å². The number of anilines is 1. The maximum Gasteiger partial charge on any atom is 0.335 e. The summed E-state index contributed by atoms with van der Waals surface area (Å²) < 4.78 is 0. The molecule has 1 atom stereocenters. The predicted molar refractivity (Wildman–Crippen MR) is 77.0 cm³/mol. The molecule has 0 saturated heterocycles. The molecule has 5 heteroatoms. The third-order valence-electron chi connectivity index (χ3n) is 3.63. The molecule has 1 amide bonds. The molecule has 1 aliphatic heterocycles. The Labute approximate surface area is 118 Å². The van der Waals surface area contributed by atoms with Crippen LogP contribution >= 0.6 is 0 Å². The van der Waals surface area contributed by atoms with Gasteiger partial charge in [0, 0.05) is 12.2 Å². The van der Waals surface area contributed by atoms with Gasteiger partial charge >= 0.3 is 5.97 Å². The van der Waals surface area contributed by atoms with Crippen LogP contribution in [0.1, 0.15) is 42.1 Å². The van der Waals surface area contributed by atoms with E-state index in [0.717, 1.165) is 30.5 Å². The van der Waals surface area contributed by atoms with Crippen molar-refractivity contribution in [3.8, 4) is 0 Å². The first-order valence-electron chi connectivity index (χ1n) is 6.97. The third kappa shape index (κ3) is 2.82. The first-order valence-corrected chi connectivity index (χ1v) is 6.97. The molecule has 2 rings (SSSR count). The molecule has 0 aliphatic carbocycles. The van der Waals surface area contributed by atoms with Crippen LogP contribution in [0.25, 0.3) is 0 Å². The number of carbonyl (C=O) groups excluding carboxylic acids is 1. The topological polar surface area (TPSA) is 83.6 Å². The summed E-state index contributed by atoms with van der Waals surface area (Å²) in [4.78, 5) is 25.0. The number of fused-ring (bicyclic) bond motifs is 1. The number of nitrogens with two attached hydrogens (primary N) is 1. The minimum atomic E-state index is -0.945. The number of carboxylic acids is 1. The largest absolute Gasteiger partial charge is 0.478 e. The molecule has 0 aromatic heterocycles. The molecule has 1 aromatic rings. The molecule has 108 valence electrons. The fourth-order valence-electron chi connectivity index (χ4n) is 2.59. The quantitative estimate of drug-likeness (QED) is 0.878. The van der Waals surface area contributed by atoms with Gasteiger partial charge in [-0.1, -0.05) is 13.3 Å². The molecule has 1 aromatic carbocycles. The SMILES string of the molecule is CCCC(N)C(=O)N1CCCc2cc(C(=O)O)ccc21. The second kappa shape index (κ2) is 6.05. The van der Waals surface area contributed by atoms with Crippen LogP contribution in [0.2, 0.25) is 0 Å². The lowest BCUT2D eigenvalue weighted by molar-refractivity contribution is -0.120. The van der Waals surface area contributed by atoms with E-state index in [9.17, 15) is 9.59 Å². The van der Waals surface area contributed by atoms with Gasteiger partial charge in [-0.05, 0) is 43.0 Å². The number of hydrogen-bond donors (Lipinski definition) is 2. The maximum absolute atomic E-state index is 12.4. The van der Waals surface area contributed by atoms with E-state index in [-0.39, 0.29) is 11.5 Å². The molecule has 20 heavy (non-hydrogen) atoms. The van der Waals surface area contributed by atoms with E-state index < -0.39 is 12.0 Å². The van der Waals surface area contributed by atoms with Crippen molar-refractivity contribution in [3.05, 3.63) is 29.3 Å². The number of aryl methyl sites for hydroxylation is 1. The van der Waals surface area contributed by atoms with Gasteiger partial charge in [0.1, 0.15) is 0 Å². The number of hydrogen-bond acceptors (Lipinski definition) is 3. The Kier molecular flexibility index (Phi) is 4.39. The molecule has 1 unspecified atom stereocenters. The van der Waals surface area contributed by atoms with E-state index in [0.29, 0.717) is 13.0 Å². The number of carboxylic acid groups (broad SMARTS) is 1. The summed E-state index contributed by atoms with van der Waals surface area (Å²) in [6.07, 6.45) is 3.16. The van der Waals surface area contributed by atoms with E-state index >= 15 is 0 Å². The number of carbonyl (C=O) groups is 2. The average molecular weight is 276 g/mol. The Morgan fingerprint density at radius 2 is 2.20 bits per heavy atom. The molecule has 5 nitrogen and oxygen atoms in total. The van der Waals surface area contributed by atoms with Crippen molar-refractivity contribution in [1.29, 1.82) is 0 Å². The van der Waals surface area contributed by atoms with Crippen molar-refractivity contribution in [2.24, 2.45) is 5.73 Å². The second-order valence-electron chi connectivity index (χ2n) is 5.14. The summed E-state index contributed by atoms with van der Waals surface area (Å²) in [5.74, 6) is -1.02. The smallest absolute Gasteiger partial charge is 0.335 e. The molecule has 1 aliphatic rings. The third-order valence-corrected chi connectivity index (χ3v) is 3.63. The molecular formula is C15H20N2O3. The summed E-state index contributed by atoms with van der Waals surface area (Å²) in [7, 11) is 0. The van der Waals surface area contributed by atoms with Crippen LogP contribution in [0.5, 0.6) is 0 Å². The highest BCUT2D eigenvalue weighted by atomic mass is 16.4. The number of nitrogens with zero attached hydrogens (tertiary/aromatic N) is 1. The molecule has 3 N–H and O–H groups in total. The van der Waals surface area contributed by atoms with Crippen molar-refractivity contribution in [1.82, 2.24) is 0 Å². The van der Waals surface area contributed by atoms with E-state index in [1.165, 1.54) is 6.07 Å². The van der Waals surface area contributed by atoms with Crippen LogP contribution in [0.15, 0.2) is 18.2 Å². The Balaban J connectivity index is 2.28. The van der Waals surface area contributed by atoms with Crippen molar-refractivity contribution >= 4 is 17.6 Å².